The van der Waals surface area contributed by atoms with Crippen LogP contribution in [0.4, 0.5) is 5.69 Å². The van der Waals surface area contributed by atoms with Crippen molar-refractivity contribution < 1.29 is 9.53 Å². The van der Waals surface area contributed by atoms with Gasteiger partial charge in [0.1, 0.15) is 12.4 Å². The molecule has 1 saturated heterocycles. The fourth-order valence-electron chi connectivity index (χ4n) is 2.72. The van der Waals surface area contributed by atoms with Crippen LogP contribution >= 0.6 is 43.6 Å². The summed E-state index contributed by atoms with van der Waals surface area (Å²) in [6.45, 7) is 0.494. The number of nitrogens with one attached hydrogen (secondary N) is 1. The Balaban J connectivity index is 1.45. The molecule has 4 rings (SSSR count). The maximum atomic E-state index is 12.3. The van der Waals surface area contributed by atoms with Gasteiger partial charge in [0.05, 0.1) is 15.1 Å². The molecule has 0 aliphatic carbocycles. The van der Waals surface area contributed by atoms with Gasteiger partial charge in [0.25, 0.3) is 5.91 Å². The van der Waals surface area contributed by atoms with Crippen LogP contribution in [0.1, 0.15) is 11.1 Å². The van der Waals surface area contributed by atoms with Gasteiger partial charge in [0.15, 0.2) is 5.17 Å². The molecule has 0 aromatic heterocycles. The Morgan fingerprint density at radius 3 is 2.50 bits per heavy atom. The van der Waals surface area contributed by atoms with Crippen LogP contribution in [0.5, 0.6) is 5.75 Å². The zero-order valence-electron chi connectivity index (χ0n) is 15.6. The summed E-state index contributed by atoms with van der Waals surface area (Å²) in [7, 11) is 0. The average Bonchev–Trinajstić information content (AvgIpc) is 3.08. The molecule has 0 unspecified atom stereocenters. The number of hydrogen-bond acceptors (Lipinski definition) is 4. The van der Waals surface area contributed by atoms with Crippen LogP contribution < -0.4 is 10.1 Å². The minimum atomic E-state index is -0.156. The van der Waals surface area contributed by atoms with Crippen molar-refractivity contribution in [1.82, 2.24) is 5.32 Å². The van der Waals surface area contributed by atoms with E-state index in [9.17, 15) is 4.79 Å². The number of amides is 1. The van der Waals surface area contributed by atoms with Crippen LogP contribution in [0.2, 0.25) is 0 Å². The summed E-state index contributed by atoms with van der Waals surface area (Å²) in [4.78, 5) is 17.4. The summed E-state index contributed by atoms with van der Waals surface area (Å²) < 4.78 is 7.70. The Hall–Kier alpha value is -2.35. The topological polar surface area (TPSA) is 50.7 Å². The third-order valence-electron chi connectivity index (χ3n) is 4.20. The van der Waals surface area contributed by atoms with E-state index in [-0.39, 0.29) is 5.91 Å². The summed E-state index contributed by atoms with van der Waals surface area (Å²) in [6, 6.07) is 23.4. The maximum Gasteiger partial charge on any atom is 0.264 e. The molecular formula is C23H16Br2N2O2S. The number of aliphatic imine (C=N–C) groups is 1. The second-order valence-corrected chi connectivity index (χ2v) is 9.22. The Morgan fingerprint density at radius 1 is 1.00 bits per heavy atom. The molecule has 0 spiro atoms. The summed E-state index contributed by atoms with van der Waals surface area (Å²) >= 11 is 8.28. The molecule has 1 heterocycles. The number of carbonyl (C=O) groups is 1. The molecule has 30 heavy (non-hydrogen) atoms. The van der Waals surface area contributed by atoms with Gasteiger partial charge in [-0.2, -0.15) is 0 Å². The van der Waals surface area contributed by atoms with Crippen molar-refractivity contribution in [2.75, 3.05) is 0 Å². The minimum Gasteiger partial charge on any atom is -0.488 e. The van der Waals surface area contributed by atoms with Gasteiger partial charge < -0.3 is 10.1 Å². The molecule has 1 aliphatic rings. The van der Waals surface area contributed by atoms with Crippen molar-refractivity contribution in [2.45, 2.75) is 6.61 Å². The first kappa shape index (κ1) is 20.9. The molecule has 1 fully saturated rings. The summed E-state index contributed by atoms with van der Waals surface area (Å²) in [5, 5.41) is 3.37. The molecule has 0 atom stereocenters. The molecule has 1 aliphatic heterocycles. The quantitative estimate of drug-likeness (QED) is 0.365. The number of ether oxygens (including phenoxy) is 1. The minimum absolute atomic E-state index is 0.156. The fourth-order valence-corrected chi connectivity index (χ4v) is 4.34. The van der Waals surface area contributed by atoms with Gasteiger partial charge in [-0.3, -0.25) is 4.79 Å². The Morgan fingerprint density at radius 2 is 1.77 bits per heavy atom. The average molecular weight is 544 g/mol. The highest BCUT2D eigenvalue weighted by molar-refractivity contribution is 9.10. The second-order valence-electron chi connectivity index (χ2n) is 6.42. The Bertz CT molecular complexity index is 1130. The summed E-state index contributed by atoms with van der Waals surface area (Å²) in [6.07, 6.45) is 1.84. The largest absolute Gasteiger partial charge is 0.488 e. The molecule has 3 aromatic carbocycles. The third kappa shape index (κ3) is 5.41. The molecular weight excluding hydrogens is 528 g/mol. The van der Waals surface area contributed by atoms with E-state index in [1.54, 1.807) is 0 Å². The summed E-state index contributed by atoms with van der Waals surface area (Å²) in [5.41, 5.74) is 2.79. The maximum absolute atomic E-state index is 12.3. The lowest BCUT2D eigenvalue weighted by Gasteiger charge is -2.09. The molecule has 0 bridgehead atoms. The zero-order valence-corrected chi connectivity index (χ0v) is 19.6. The lowest BCUT2D eigenvalue weighted by Crippen LogP contribution is -2.19. The van der Waals surface area contributed by atoms with Crippen molar-refractivity contribution >= 4 is 66.5 Å². The first-order valence-electron chi connectivity index (χ1n) is 9.08. The van der Waals surface area contributed by atoms with Gasteiger partial charge in [0.2, 0.25) is 0 Å². The van der Waals surface area contributed by atoms with Crippen LogP contribution in [0.25, 0.3) is 6.08 Å². The van der Waals surface area contributed by atoms with Gasteiger partial charge >= 0.3 is 0 Å². The number of halogens is 2. The predicted octanol–water partition coefficient (Wildman–Crippen LogP) is 6.68. The van der Waals surface area contributed by atoms with Gasteiger partial charge in [-0.15, -0.1) is 0 Å². The predicted molar refractivity (Wildman–Crippen MR) is 130 cm³/mol. The first-order chi connectivity index (χ1) is 14.6. The molecule has 0 radical (unpaired) electrons. The van der Waals surface area contributed by atoms with E-state index in [4.69, 9.17) is 4.74 Å². The number of thioether (sulfide) groups is 1. The Kier molecular flexibility index (Phi) is 6.72. The Labute approximate surface area is 195 Å². The van der Waals surface area contributed by atoms with E-state index >= 15 is 0 Å². The number of nitrogens with zero attached hydrogens (tertiary/aromatic N) is 1. The molecule has 4 nitrogen and oxygen atoms in total. The second kappa shape index (κ2) is 9.64. The van der Waals surface area contributed by atoms with E-state index in [1.807, 2.05) is 78.9 Å². The molecule has 1 N–H and O–H groups in total. The van der Waals surface area contributed by atoms with Crippen molar-refractivity contribution in [3.8, 4) is 5.75 Å². The van der Waals surface area contributed by atoms with E-state index in [0.717, 1.165) is 31.5 Å². The van der Waals surface area contributed by atoms with Crippen molar-refractivity contribution in [2.24, 2.45) is 4.99 Å². The van der Waals surface area contributed by atoms with Crippen LogP contribution in [-0.4, -0.2) is 11.1 Å². The lowest BCUT2D eigenvalue weighted by atomic mass is 10.2. The highest BCUT2D eigenvalue weighted by atomic mass is 79.9. The van der Waals surface area contributed by atoms with Crippen molar-refractivity contribution in [3.05, 3.63) is 97.8 Å². The fraction of sp³-hybridized carbons (Fsp3) is 0.0435. The highest BCUT2D eigenvalue weighted by Gasteiger charge is 2.23. The standard InChI is InChI=1S/C23H16Br2N2O2S/c24-17-7-9-18(10-8-17)26-23-27-22(28)21(30-23)13-16-6-11-20(19(25)12-16)29-14-15-4-2-1-3-5-15/h1-13H,14H2,(H,26,27,28)/b21-13-. The molecule has 3 aromatic rings. The molecule has 7 heteroatoms. The van der Waals surface area contributed by atoms with E-state index in [1.165, 1.54) is 11.8 Å². The van der Waals surface area contributed by atoms with E-state index in [2.05, 4.69) is 42.2 Å². The number of benzene rings is 3. The lowest BCUT2D eigenvalue weighted by molar-refractivity contribution is -0.115. The normalized spacial score (nSPS) is 16.1. The van der Waals surface area contributed by atoms with Gasteiger partial charge in [-0.1, -0.05) is 52.3 Å². The first-order valence-corrected chi connectivity index (χ1v) is 11.5. The highest BCUT2D eigenvalue weighted by Crippen LogP contribution is 2.31. The smallest absolute Gasteiger partial charge is 0.264 e. The zero-order chi connectivity index (χ0) is 20.9. The van der Waals surface area contributed by atoms with Gasteiger partial charge in [-0.25, -0.2) is 4.99 Å². The monoisotopic (exact) mass is 542 g/mol. The summed E-state index contributed by atoms with van der Waals surface area (Å²) in [5.74, 6) is 0.596. The molecule has 0 saturated carbocycles. The van der Waals surface area contributed by atoms with Crippen molar-refractivity contribution in [1.29, 1.82) is 0 Å². The van der Waals surface area contributed by atoms with E-state index in [0.29, 0.717) is 16.7 Å². The SMILES string of the molecule is O=C1NC(=Nc2ccc(Br)cc2)S/C1=C\c1ccc(OCc2ccccc2)c(Br)c1. The number of amidine groups is 1. The number of hydrogen-bond donors (Lipinski definition) is 1. The van der Waals surface area contributed by atoms with Crippen LogP contribution in [0.15, 0.2) is 91.6 Å². The van der Waals surface area contributed by atoms with Crippen LogP contribution in [0, 0.1) is 0 Å². The number of carbonyl (C=O) groups excluding carboxylic acids is 1. The van der Waals surface area contributed by atoms with Crippen LogP contribution in [0.3, 0.4) is 0 Å². The molecule has 150 valence electrons. The van der Waals surface area contributed by atoms with Crippen LogP contribution in [-0.2, 0) is 11.4 Å². The molecule has 1 amide bonds. The van der Waals surface area contributed by atoms with E-state index < -0.39 is 0 Å². The third-order valence-corrected chi connectivity index (χ3v) is 6.26. The van der Waals surface area contributed by atoms with Crippen molar-refractivity contribution in [3.63, 3.8) is 0 Å². The number of rotatable bonds is 5. The van der Waals surface area contributed by atoms with Gasteiger partial charge in [0, 0.05) is 4.47 Å². The van der Waals surface area contributed by atoms with Gasteiger partial charge in [-0.05, 0) is 81.3 Å².